The number of benzene rings is 2. The highest BCUT2D eigenvalue weighted by molar-refractivity contribution is 7.88. The highest BCUT2D eigenvalue weighted by Crippen LogP contribution is 2.13. The average Bonchev–Trinajstić information content (AvgIpc) is 2.61. The van der Waals surface area contributed by atoms with Crippen molar-refractivity contribution in [1.29, 1.82) is 0 Å². The lowest BCUT2D eigenvalue weighted by Crippen LogP contribution is -2.37. The summed E-state index contributed by atoms with van der Waals surface area (Å²) >= 11 is 0. The van der Waals surface area contributed by atoms with Crippen molar-refractivity contribution >= 4 is 15.9 Å². The van der Waals surface area contributed by atoms with Gasteiger partial charge in [-0.25, -0.2) is 12.8 Å². The van der Waals surface area contributed by atoms with Gasteiger partial charge in [0.15, 0.2) is 0 Å². The van der Waals surface area contributed by atoms with Gasteiger partial charge in [0.2, 0.25) is 10.0 Å². The summed E-state index contributed by atoms with van der Waals surface area (Å²) in [6.07, 6.45) is 1.05. The van der Waals surface area contributed by atoms with Gasteiger partial charge in [-0.05, 0) is 30.3 Å². The van der Waals surface area contributed by atoms with E-state index in [1.807, 2.05) is 0 Å². The number of halogens is 1. The van der Waals surface area contributed by atoms with Crippen LogP contribution in [0, 0.1) is 5.82 Å². The first-order valence-corrected chi connectivity index (χ1v) is 9.77. The number of sulfonamides is 1. The van der Waals surface area contributed by atoms with E-state index in [9.17, 15) is 17.6 Å². The standard InChI is InChI=1S/C18H21FN2O4S/c1-25-16-9-7-14(8-10-16)18(22)20-11-12-21(26(2,23)24)13-15-5-3-4-6-17(15)19/h3-10H,11-13H2,1-2H3,(H,20,22). The zero-order valence-electron chi connectivity index (χ0n) is 14.6. The van der Waals surface area contributed by atoms with Crippen molar-refractivity contribution in [2.24, 2.45) is 0 Å². The van der Waals surface area contributed by atoms with Crippen LogP contribution in [-0.4, -0.2) is 45.1 Å². The van der Waals surface area contributed by atoms with Gasteiger partial charge in [0.05, 0.1) is 13.4 Å². The largest absolute Gasteiger partial charge is 0.497 e. The number of rotatable bonds is 8. The molecular formula is C18H21FN2O4S. The van der Waals surface area contributed by atoms with Gasteiger partial charge in [0, 0.05) is 30.8 Å². The molecule has 8 heteroatoms. The number of methoxy groups -OCH3 is 1. The fourth-order valence-electron chi connectivity index (χ4n) is 2.32. The maximum atomic E-state index is 13.8. The van der Waals surface area contributed by atoms with Crippen LogP contribution >= 0.6 is 0 Å². The second-order valence-electron chi connectivity index (χ2n) is 5.67. The molecule has 0 unspecified atom stereocenters. The van der Waals surface area contributed by atoms with E-state index in [0.29, 0.717) is 11.3 Å². The van der Waals surface area contributed by atoms with E-state index in [4.69, 9.17) is 4.74 Å². The smallest absolute Gasteiger partial charge is 0.251 e. The van der Waals surface area contributed by atoms with Crippen molar-refractivity contribution in [3.8, 4) is 5.75 Å². The summed E-state index contributed by atoms with van der Waals surface area (Å²) in [5, 5.41) is 2.66. The Kier molecular flexibility index (Phi) is 6.70. The van der Waals surface area contributed by atoms with Crippen LogP contribution in [-0.2, 0) is 16.6 Å². The second kappa shape index (κ2) is 8.77. The maximum absolute atomic E-state index is 13.8. The van der Waals surface area contributed by atoms with Crippen molar-refractivity contribution in [3.63, 3.8) is 0 Å². The van der Waals surface area contributed by atoms with Crippen LogP contribution in [0.3, 0.4) is 0 Å². The Hall–Kier alpha value is -2.45. The van der Waals surface area contributed by atoms with Crippen molar-refractivity contribution in [3.05, 3.63) is 65.5 Å². The molecular weight excluding hydrogens is 359 g/mol. The van der Waals surface area contributed by atoms with E-state index < -0.39 is 15.8 Å². The van der Waals surface area contributed by atoms with Crippen LogP contribution in [0.1, 0.15) is 15.9 Å². The SMILES string of the molecule is COc1ccc(C(=O)NCCN(Cc2ccccc2F)S(C)(=O)=O)cc1. The molecule has 1 N–H and O–H groups in total. The molecule has 0 saturated heterocycles. The lowest BCUT2D eigenvalue weighted by molar-refractivity contribution is 0.0951. The van der Waals surface area contributed by atoms with Crippen LogP contribution in [0.4, 0.5) is 4.39 Å². The van der Waals surface area contributed by atoms with E-state index >= 15 is 0 Å². The van der Waals surface area contributed by atoms with Crippen LogP contribution < -0.4 is 10.1 Å². The Morgan fingerprint density at radius 1 is 1.15 bits per heavy atom. The van der Waals surface area contributed by atoms with Crippen molar-refractivity contribution in [2.75, 3.05) is 26.5 Å². The summed E-state index contributed by atoms with van der Waals surface area (Å²) in [6.45, 7) is 0.0470. The summed E-state index contributed by atoms with van der Waals surface area (Å²) in [4.78, 5) is 12.1. The lowest BCUT2D eigenvalue weighted by Gasteiger charge is -2.20. The number of carbonyl (C=O) groups excluding carboxylic acids is 1. The molecule has 0 aliphatic carbocycles. The first-order valence-electron chi connectivity index (χ1n) is 7.92. The fourth-order valence-corrected chi connectivity index (χ4v) is 3.11. The number of hydrogen-bond acceptors (Lipinski definition) is 4. The summed E-state index contributed by atoms with van der Waals surface area (Å²) in [7, 11) is -2.02. The van der Waals surface area contributed by atoms with Crippen molar-refractivity contribution < 1.29 is 22.3 Å². The highest BCUT2D eigenvalue weighted by Gasteiger charge is 2.18. The molecule has 0 aliphatic heterocycles. The number of amides is 1. The Morgan fingerprint density at radius 3 is 2.38 bits per heavy atom. The molecule has 2 aromatic rings. The second-order valence-corrected chi connectivity index (χ2v) is 7.65. The molecule has 0 spiro atoms. The van der Waals surface area contributed by atoms with E-state index in [1.54, 1.807) is 36.4 Å². The Morgan fingerprint density at radius 2 is 1.81 bits per heavy atom. The molecule has 2 aromatic carbocycles. The molecule has 140 valence electrons. The minimum absolute atomic E-state index is 0.0368. The maximum Gasteiger partial charge on any atom is 0.251 e. The summed E-state index contributed by atoms with van der Waals surface area (Å²) < 4.78 is 43.8. The van der Waals surface area contributed by atoms with E-state index in [1.165, 1.54) is 19.2 Å². The first kappa shape index (κ1) is 19.9. The number of nitrogens with zero attached hydrogens (tertiary/aromatic N) is 1. The van der Waals surface area contributed by atoms with Crippen molar-refractivity contribution in [1.82, 2.24) is 9.62 Å². The number of hydrogen-bond donors (Lipinski definition) is 1. The molecule has 2 rings (SSSR count). The molecule has 0 bridgehead atoms. The minimum Gasteiger partial charge on any atom is -0.497 e. The third kappa shape index (κ3) is 5.53. The van der Waals surface area contributed by atoms with E-state index in [2.05, 4.69) is 5.32 Å². The van der Waals surface area contributed by atoms with Gasteiger partial charge < -0.3 is 10.1 Å². The summed E-state index contributed by atoms with van der Waals surface area (Å²) in [5.74, 6) is -0.162. The minimum atomic E-state index is -3.55. The molecule has 26 heavy (non-hydrogen) atoms. The number of carbonyl (C=O) groups is 1. The lowest BCUT2D eigenvalue weighted by atomic mass is 10.2. The predicted molar refractivity (Wildman–Crippen MR) is 97.0 cm³/mol. The number of ether oxygens (including phenoxy) is 1. The van der Waals surface area contributed by atoms with Crippen LogP contribution in [0.2, 0.25) is 0 Å². The third-order valence-corrected chi connectivity index (χ3v) is 5.02. The topological polar surface area (TPSA) is 75.7 Å². The van der Waals surface area contributed by atoms with Gasteiger partial charge in [-0.2, -0.15) is 4.31 Å². The van der Waals surface area contributed by atoms with Crippen molar-refractivity contribution in [2.45, 2.75) is 6.54 Å². The van der Waals surface area contributed by atoms with Gasteiger partial charge in [-0.15, -0.1) is 0 Å². The quantitative estimate of drug-likeness (QED) is 0.760. The summed E-state index contributed by atoms with van der Waals surface area (Å²) in [5.41, 5.74) is 0.713. The van der Waals surface area contributed by atoms with Crippen LogP contribution in [0.15, 0.2) is 48.5 Å². The van der Waals surface area contributed by atoms with E-state index in [0.717, 1.165) is 10.6 Å². The molecule has 0 saturated carbocycles. The van der Waals surface area contributed by atoms with Gasteiger partial charge in [-0.1, -0.05) is 18.2 Å². The van der Waals surface area contributed by atoms with E-state index in [-0.39, 0.29) is 31.1 Å². The first-order chi connectivity index (χ1) is 12.3. The highest BCUT2D eigenvalue weighted by atomic mass is 32.2. The Bertz CT molecular complexity index is 854. The molecule has 0 radical (unpaired) electrons. The predicted octanol–water partition coefficient (Wildman–Crippen LogP) is 2.03. The monoisotopic (exact) mass is 380 g/mol. The Balaban J connectivity index is 1.97. The van der Waals surface area contributed by atoms with Crippen LogP contribution in [0.5, 0.6) is 5.75 Å². The Labute approximate surface area is 152 Å². The van der Waals surface area contributed by atoms with Gasteiger partial charge in [0.25, 0.3) is 5.91 Å². The number of nitrogens with one attached hydrogen (secondary N) is 1. The molecule has 0 aromatic heterocycles. The summed E-state index contributed by atoms with van der Waals surface area (Å²) in [6, 6.07) is 12.5. The molecule has 1 amide bonds. The molecule has 0 heterocycles. The van der Waals surface area contributed by atoms with Crippen LogP contribution in [0.25, 0.3) is 0 Å². The molecule has 0 fully saturated rings. The third-order valence-electron chi connectivity index (χ3n) is 3.77. The normalized spacial score (nSPS) is 11.4. The molecule has 0 aliphatic rings. The van der Waals surface area contributed by atoms with Gasteiger partial charge in [0.1, 0.15) is 11.6 Å². The van der Waals surface area contributed by atoms with Gasteiger partial charge in [-0.3, -0.25) is 4.79 Å². The average molecular weight is 380 g/mol. The zero-order chi connectivity index (χ0) is 19.2. The van der Waals surface area contributed by atoms with Gasteiger partial charge >= 0.3 is 0 Å². The molecule has 6 nitrogen and oxygen atoms in total. The fraction of sp³-hybridized carbons (Fsp3) is 0.278. The zero-order valence-corrected chi connectivity index (χ0v) is 15.4. The molecule has 0 atom stereocenters.